The van der Waals surface area contributed by atoms with Crippen molar-refractivity contribution in [2.75, 3.05) is 19.8 Å². The lowest BCUT2D eigenvalue weighted by Gasteiger charge is -2.06. The zero-order chi connectivity index (χ0) is 14.3. The van der Waals surface area contributed by atoms with Gasteiger partial charge >= 0.3 is 0 Å². The van der Waals surface area contributed by atoms with Crippen molar-refractivity contribution in [3.05, 3.63) is 17.0 Å². The topological polar surface area (TPSA) is 67.4 Å². The fourth-order valence-electron chi connectivity index (χ4n) is 1.37. The van der Waals surface area contributed by atoms with Crippen LogP contribution in [0.25, 0.3) is 0 Å². The van der Waals surface area contributed by atoms with Crippen LogP contribution in [0.4, 0.5) is 0 Å². The third-order valence-electron chi connectivity index (χ3n) is 2.35. The van der Waals surface area contributed by atoms with E-state index in [-0.39, 0.29) is 0 Å². The van der Waals surface area contributed by atoms with Gasteiger partial charge in [-0.05, 0) is 23.9 Å². The Morgan fingerprint density at radius 2 is 2.16 bits per heavy atom. The standard InChI is InChI=1S/C12H22N2O3S2/c1-4-17-6-5-14-19(15,16)12-7-11(9-18-12)8-13-10(2)3/h7,9-10,13-14H,4-6,8H2,1-3H3. The monoisotopic (exact) mass is 306 g/mol. The molecule has 0 aliphatic rings. The summed E-state index contributed by atoms with van der Waals surface area (Å²) in [5.41, 5.74) is 0.990. The minimum absolute atomic E-state index is 0.299. The minimum Gasteiger partial charge on any atom is -0.380 e. The van der Waals surface area contributed by atoms with E-state index in [4.69, 9.17) is 4.74 Å². The average Bonchev–Trinajstić information content (AvgIpc) is 2.82. The largest absolute Gasteiger partial charge is 0.380 e. The lowest BCUT2D eigenvalue weighted by molar-refractivity contribution is 0.153. The van der Waals surface area contributed by atoms with Crippen molar-refractivity contribution in [3.63, 3.8) is 0 Å². The Hall–Kier alpha value is -0.470. The van der Waals surface area contributed by atoms with Gasteiger partial charge in [0.1, 0.15) is 4.21 Å². The Bertz CT molecular complexity index is 469. The molecule has 0 aromatic carbocycles. The number of nitrogens with one attached hydrogen (secondary N) is 2. The van der Waals surface area contributed by atoms with Gasteiger partial charge in [0.05, 0.1) is 6.61 Å². The van der Waals surface area contributed by atoms with Crippen LogP contribution >= 0.6 is 11.3 Å². The molecule has 0 fully saturated rings. The maximum Gasteiger partial charge on any atom is 0.250 e. The summed E-state index contributed by atoms with van der Waals surface area (Å²) >= 11 is 1.24. The maximum absolute atomic E-state index is 12.0. The Labute approximate surface area is 119 Å². The van der Waals surface area contributed by atoms with Crippen molar-refractivity contribution in [3.8, 4) is 0 Å². The highest BCUT2D eigenvalue weighted by Crippen LogP contribution is 2.19. The number of hydrogen-bond donors (Lipinski definition) is 2. The van der Waals surface area contributed by atoms with Crippen LogP contribution in [0.15, 0.2) is 15.7 Å². The second kappa shape index (κ2) is 7.96. The summed E-state index contributed by atoms with van der Waals surface area (Å²) < 4.78 is 31.9. The van der Waals surface area contributed by atoms with E-state index >= 15 is 0 Å². The molecule has 0 atom stereocenters. The van der Waals surface area contributed by atoms with E-state index in [0.717, 1.165) is 5.56 Å². The van der Waals surface area contributed by atoms with Crippen LogP contribution in [-0.2, 0) is 21.3 Å². The summed E-state index contributed by atoms with van der Waals surface area (Å²) in [6.45, 7) is 7.95. The molecule has 2 N–H and O–H groups in total. The van der Waals surface area contributed by atoms with Gasteiger partial charge in [0.2, 0.25) is 10.0 Å². The smallest absolute Gasteiger partial charge is 0.250 e. The van der Waals surface area contributed by atoms with E-state index in [2.05, 4.69) is 23.9 Å². The molecule has 1 aromatic heterocycles. The van der Waals surface area contributed by atoms with E-state index < -0.39 is 10.0 Å². The molecule has 0 aliphatic carbocycles. The van der Waals surface area contributed by atoms with Gasteiger partial charge in [0.25, 0.3) is 0 Å². The molecular formula is C12H22N2O3S2. The molecule has 19 heavy (non-hydrogen) atoms. The molecule has 0 bridgehead atoms. The molecule has 7 heteroatoms. The first-order valence-electron chi connectivity index (χ1n) is 6.34. The fraction of sp³-hybridized carbons (Fsp3) is 0.667. The molecule has 1 heterocycles. The second-order valence-electron chi connectivity index (χ2n) is 4.40. The van der Waals surface area contributed by atoms with Crippen molar-refractivity contribution >= 4 is 21.4 Å². The molecule has 0 saturated carbocycles. The van der Waals surface area contributed by atoms with Crippen molar-refractivity contribution in [1.29, 1.82) is 0 Å². The van der Waals surface area contributed by atoms with Gasteiger partial charge in [0.15, 0.2) is 0 Å². The summed E-state index contributed by atoms with van der Waals surface area (Å²) in [6, 6.07) is 2.09. The maximum atomic E-state index is 12.0. The Morgan fingerprint density at radius 1 is 1.42 bits per heavy atom. The fourth-order valence-corrected chi connectivity index (χ4v) is 3.64. The van der Waals surface area contributed by atoms with E-state index in [1.165, 1.54) is 11.3 Å². The first-order chi connectivity index (χ1) is 8.95. The third kappa shape index (κ3) is 6.01. The minimum atomic E-state index is -3.40. The van der Waals surface area contributed by atoms with Gasteiger partial charge in [0, 0.05) is 25.7 Å². The predicted molar refractivity (Wildman–Crippen MR) is 78.0 cm³/mol. The summed E-state index contributed by atoms with van der Waals surface area (Å²) in [7, 11) is -3.40. The summed E-state index contributed by atoms with van der Waals surface area (Å²) in [4.78, 5) is 0. The molecule has 5 nitrogen and oxygen atoms in total. The van der Waals surface area contributed by atoms with Crippen molar-refractivity contribution in [2.45, 2.75) is 37.6 Å². The summed E-state index contributed by atoms with van der Waals surface area (Å²) in [5.74, 6) is 0. The van der Waals surface area contributed by atoms with Crippen molar-refractivity contribution in [2.24, 2.45) is 0 Å². The number of sulfonamides is 1. The van der Waals surface area contributed by atoms with E-state index in [1.54, 1.807) is 6.07 Å². The lowest BCUT2D eigenvalue weighted by atomic mass is 10.3. The van der Waals surface area contributed by atoms with Crippen LogP contribution < -0.4 is 10.0 Å². The average molecular weight is 306 g/mol. The highest BCUT2D eigenvalue weighted by Gasteiger charge is 2.16. The molecule has 110 valence electrons. The normalized spacial score (nSPS) is 12.2. The van der Waals surface area contributed by atoms with E-state index in [9.17, 15) is 8.42 Å². The third-order valence-corrected chi connectivity index (χ3v) is 5.30. The van der Waals surface area contributed by atoms with Crippen LogP contribution in [-0.4, -0.2) is 34.2 Å². The molecule has 0 radical (unpaired) electrons. The molecule has 1 aromatic rings. The van der Waals surface area contributed by atoms with Gasteiger partial charge < -0.3 is 10.1 Å². The van der Waals surface area contributed by atoms with E-state index in [1.807, 2.05) is 12.3 Å². The van der Waals surface area contributed by atoms with Gasteiger partial charge in [-0.3, -0.25) is 0 Å². The molecule has 0 spiro atoms. The zero-order valence-electron chi connectivity index (χ0n) is 11.6. The molecule has 0 unspecified atom stereocenters. The zero-order valence-corrected chi connectivity index (χ0v) is 13.2. The first kappa shape index (κ1) is 16.6. The second-order valence-corrected chi connectivity index (χ2v) is 7.31. The number of ether oxygens (including phenoxy) is 1. The van der Waals surface area contributed by atoms with Gasteiger partial charge in [-0.15, -0.1) is 11.3 Å². The van der Waals surface area contributed by atoms with Crippen LogP contribution in [0.2, 0.25) is 0 Å². The summed E-state index contributed by atoms with van der Waals surface area (Å²) in [6.07, 6.45) is 0. The molecule has 1 rings (SSSR count). The SMILES string of the molecule is CCOCCNS(=O)(=O)c1cc(CNC(C)C)cs1. The number of thiophene rings is 1. The van der Waals surface area contributed by atoms with Crippen molar-refractivity contribution < 1.29 is 13.2 Å². The highest BCUT2D eigenvalue weighted by molar-refractivity contribution is 7.91. The van der Waals surface area contributed by atoms with Gasteiger partial charge in [-0.25, -0.2) is 13.1 Å². The summed E-state index contributed by atoms with van der Waals surface area (Å²) in [5, 5.41) is 5.13. The molecular weight excluding hydrogens is 284 g/mol. The van der Waals surface area contributed by atoms with Crippen LogP contribution in [0.1, 0.15) is 26.3 Å². The molecule has 0 amide bonds. The Kier molecular flexibility index (Phi) is 6.95. The van der Waals surface area contributed by atoms with Gasteiger partial charge in [-0.1, -0.05) is 13.8 Å². The highest BCUT2D eigenvalue weighted by atomic mass is 32.2. The van der Waals surface area contributed by atoms with Crippen LogP contribution in [0.5, 0.6) is 0 Å². The van der Waals surface area contributed by atoms with Crippen LogP contribution in [0, 0.1) is 0 Å². The van der Waals surface area contributed by atoms with E-state index in [0.29, 0.717) is 36.6 Å². The first-order valence-corrected chi connectivity index (χ1v) is 8.70. The van der Waals surface area contributed by atoms with Gasteiger partial charge in [-0.2, -0.15) is 0 Å². The Balaban J connectivity index is 2.53. The molecule has 0 saturated heterocycles. The number of rotatable bonds is 9. The Morgan fingerprint density at radius 3 is 2.79 bits per heavy atom. The van der Waals surface area contributed by atoms with Crippen LogP contribution in [0.3, 0.4) is 0 Å². The number of hydrogen-bond acceptors (Lipinski definition) is 5. The lowest BCUT2D eigenvalue weighted by Crippen LogP contribution is -2.27. The van der Waals surface area contributed by atoms with Crippen molar-refractivity contribution in [1.82, 2.24) is 10.0 Å². The molecule has 0 aliphatic heterocycles. The predicted octanol–water partition coefficient (Wildman–Crippen LogP) is 1.56. The quantitative estimate of drug-likeness (QED) is 0.680.